The van der Waals surface area contributed by atoms with Gasteiger partial charge in [-0.25, -0.2) is 18.3 Å². The van der Waals surface area contributed by atoms with Gasteiger partial charge in [0.05, 0.1) is 23.2 Å². The van der Waals surface area contributed by atoms with Crippen LogP contribution in [-0.2, 0) is 4.74 Å². The monoisotopic (exact) mass is 318 g/mol. The number of fused-ring (bicyclic) bond motifs is 1. The second kappa shape index (κ2) is 5.68. The number of carbonyl (C=O) groups is 1. The summed E-state index contributed by atoms with van der Waals surface area (Å²) in [6, 6.07) is 7.64. The normalized spacial score (nSPS) is 10.9. The van der Waals surface area contributed by atoms with E-state index in [1.54, 1.807) is 6.92 Å². The third-order valence-corrected chi connectivity index (χ3v) is 3.37. The summed E-state index contributed by atoms with van der Waals surface area (Å²) in [6.07, 6.45) is 0. The summed E-state index contributed by atoms with van der Waals surface area (Å²) >= 11 is 0. The highest BCUT2D eigenvalue weighted by atomic mass is 19.1. The van der Waals surface area contributed by atoms with Gasteiger partial charge in [-0.2, -0.15) is 0 Å². The molecular weight excluding hydrogens is 306 g/mol. The molecule has 0 saturated heterocycles. The van der Waals surface area contributed by atoms with Crippen LogP contribution in [0, 0.1) is 11.6 Å². The molecular formula is C16H12F2N2O3. The number of hydrogen-bond acceptors (Lipinski definition) is 3. The number of carbonyl (C=O) groups excluding carboxylic acids is 1. The lowest BCUT2D eigenvalue weighted by atomic mass is 10.2. The van der Waals surface area contributed by atoms with Crippen LogP contribution in [0.5, 0.6) is 0 Å². The number of aromatic amines is 1. The van der Waals surface area contributed by atoms with E-state index in [-0.39, 0.29) is 28.8 Å². The van der Waals surface area contributed by atoms with Crippen LogP contribution in [0.4, 0.5) is 8.78 Å². The molecule has 118 valence electrons. The van der Waals surface area contributed by atoms with Crippen molar-refractivity contribution < 1.29 is 18.3 Å². The van der Waals surface area contributed by atoms with Gasteiger partial charge in [-0.1, -0.05) is 6.07 Å². The highest BCUT2D eigenvalue weighted by molar-refractivity contribution is 5.89. The first-order chi connectivity index (χ1) is 11.0. The van der Waals surface area contributed by atoms with Crippen LogP contribution in [0.3, 0.4) is 0 Å². The molecule has 0 fully saturated rings. The Morgan fingerprint density at radius 2 is 2.00 bits per heavy atom. The van der Waals surface area contributed by atoms with Crippen LogP contribution >= 0.6 is 0 Å². The van der Waals surface area contributed by atoms with E-state index in [0.717, 1.165) is 10.7 Å². The van der Waals surface area contributed by atoms with Crippen molar-refractivity contribution in [1.29, 1.82) is 0 Å². The average Bonchev–Trinajstić information content (AvgIpc) is 2.86. The number of rotatable bonds is 3. The Hall–Kier alpha value is -2.96. The van der Waals surface area contributed by atoms with Gasteiger partial charge in [-0.3, -0.25) is 9.89 Å². The number of esters is 1. The summed E-state index contributed by atoms with van der Waals surface area (Å²) < 4.78 is 34.2. The van der Waals surface area contributed by atoms with Crippen molar-refractivity contribution in [2.75, 3.05) is 6.61 Å². The van der Waals surface area contributed by atoms with Crippen LogP contribution in [-0.4, -0.2) is 22.4 Å². The SMILES string of the molecule is CCOC(=O)c1ccc(-n2[nH]c(=O)c3cccc(F)c32)c(F)c1. The smallest absolute Gasteiger partial charge is 0.338 e. The largest absolute Gasteiger partial charge is 0.462 e. The number of para-hydroxylation sites is 1. The maximum absolute atomic E-state index is 14.3. The standard InChI is InChI=1S/C16H12F2N2O3/c1-2-23-16(22)9-6-7-13(12(18)8-9)20-14-10(15(21)19-20)4-3-5-11(14)17/h3-8H,2H2,1H3,(H,19,21). The van der Waals surface area contributed by atoms with E-state index in [0.29, 0.717) is 0 Å². The Morgan fingerprint density at radius 3 is 2.70 bits per heavy atom. The van der Waals surface area contributed by atoms with Gasteiger partial charge in [0, 0.05) is 0 Å². The molecule has 2 aromatic carbocycles. The number of H-pyrrole nitrogens is 1. The van der Waals surface area contributed by atoms with Crippen molar-refractivity contribution in [1.82, 2.24) is 9.78 Å². The van der Waals surface area contributed by atoms with Crippen molar-refractivity contribution in [2.24, 2.45) is 0 Å². The lowest BCUT2D eigenvalue weighted by Crippen LogP contribution is -2.09. The summed E-state index contributed by atoms with van der Waals surface area (Å²) in [6.45, 7) is 1.81. The Bertz CT molecular complexity index is 960. The minimum Gasteiger partial charge on any atom is -0.462 e. The number of aromatic nitrogens is 2. The molecule has 1 heterocycles. The molecule has 0 unspecified atom stereocenters. The van der Waals surface area contributed by atoms with Crippen LogP contribution in [0.1, 0.15) is 17.3 Å². The van der Waals surface area contributed by atoms with Gasteiger partial charge in [-0.15, -0.1) is 0 Å². The van der Waals surface area contributed by atoms with E-state index in [1.807, 2.05) is 0 Å². The van der Waals surface area contributed by atoms with E-state index in [2.05, 4.69) is 5.10 Å². The van der Waals surface area contributed by atoms with Crippen molar-refractivity contribution in [3.8, 4) is 5.69 Å². The van der Waals surface area contributed by atoms with Crippen molar-refractivity contribution >= 4 is 16.9 Å². The summed E-state index contributed by atoms with van der Waals surface area (Å²) in [5.41, 5.74) is -0.628. The predicted molar refractivity (Wildman–Crippen MR) is 79.8 cm³/mol. The molecule has 5 nitrogen and oxygen atoms in total. The quantitative estimate of drug-likeness (QED) is 0.755. The molecule has 3 rings (SSSR count). The lowest BCUT2D eigenvalue weighted by molar-refractivity contribution is 0.0526. The average molecular weight is 318 g/mol. The maximum Gasteiger partial charge on any atom is 0.338 e. The first kappa shape index (κ1) is 15.0. The summed E-state index contributed by atoms with van der Waals surface area (Å²) in [4.78, 5) is 23.5. The number of halogens is 2. The van der Waals surface area contributed by atoms with Gasteiger partial charge in [0.1, 0.15) is 17.2 Å². The Labute approximate surface area is 129 Å². The van der Waals surface area contributed by atoms with Gasteiger partial charge < -0.3 is 4.74 Å². The summed E-state index contributed by atoms with van der Waals surface area (Å²) in [5.74, 6) is -2.10. The fourth-order valence-corrected chi connectivity index (χ4v) is 2.35. The van der Waals surface area contributed by atoms with Gasteiger partial charge in [0.15, 0.2) is 0 Å². The molecule has 1 N–H and O–H groups in total. The van der Waals surface area contributed by atoms with Gasteiger partial charge in [0.25, 0.3) is 5.56 Å². The molecule has 0 aliphatic carbocycles. The Balaban J connectivity index is 2.17. The predicted octanol–water partition coefficient (Wildman–Crippen LogP) is 2.77. The van der Waals surface area contributed by atoms with Gasteiger partial charge in [-0.05, 0) is 37.3 Å². The van der Waals surface area contributed by atoms with E-state index in [4.69, 9.17) is 4.74 Å². The first-order valence-corrected chi connectivity index (χ1v) is 6.89. The first-order valence-electron chi connectivity index (χ1n) is 6.89. The topological polar surface area (TPSA) is 64.1 Å². The number of nitrogens with zero attached hydrogens (tertiary/aromatic N) is 1. The minimum absolute atomic E-state index is 0.0346. The molecule has 0 amide bonds. The number of benzene rings is 2. The molecule has 3 aromatic rings. The molecule has 23 heavy (non-hydrogen) atoms. The van der Waals surface area contributed by atoms with Crippen LogP contribution in [0.2, 0.25) is 0 Å². The zero-order chi connectivity index (χ0) is 16.6. The highest BCUT2D eigenvalue weighted by Crippen LogP contribution is 2.21. The highest BCUT2D eigenvalue weighted by Gasteiger charge is 2.17. The van der Waals surface area contributed by atoms with Crippen molar-refractivity contribution in [3.05, 3.63) is 63.9 Å². The molecule has 0 bridgehead atoms. The molecule has 0 aliphatic rings. The lowest BCUT2D eigenvalue weighted by Gasteiger charge is -2.08. The van der Waals surface area contributed by atoms with Crippen LogP contribution < -0.4 is 5.56 Å². The number of nitrogens with one attached hydrogen (secondary N) is 1. The van der Waals surface area contributed by atoms with Gasteiger partial charge in [0.2, 0.25) is 0 Å². The molecule has 0 atom stereocenters. The molecule has 0 spiro atoms. The molecule has 7 heteroatoms. The van der Waals surface area contributed by atoms with Crippen LogP contribution in [0.15, 0.2) is 41.2 Å². The Morgan fingerprint density at radius 1 is 1.22 bits per heavy atom. The van der Waals surface area contributed by atoms with Crippen molar-refractivity contribution in [3.63, 3.8) is 0 Å². The second-order valence-electron chi connectivity index (χ2n) is 4.80. The fraction of sp³-hybridized carbons (Fsp3) is 0.125. The molecule has 0 aliphatic heterocycles. The molecule has 1 aromatic heterocycles. The Kier molecular flexibility index (Phi) is 3.69. The van der Waals surface area contributed by atoms with Crippen LogP contribution in [0.25, 0.3) is 16.6 Å². The van der Waals surface area contributed by atoms with Crippen molar-refractivity contribution in [2.45, 2.75) is 6.92 Å². The number of hydrogen-bond donors (Lipinski definition) is 1. The van der Waals surface area contributed by atoms with E-state index in [9.17, 15) is 18.4 Å². The maximum atomic E-state index is 14.3. The third-order valence-electron chi connectivity index (χ3n) is 3.37. The van der Waals surface area contributed by atoms with E-state index in [1.165, 1.54) is 30.3 Å². The second-order valence-corrected chi connectivity index (χ2v) is 4.80. The summed E-state index contributed by atoms with van der Waals surface area (Å²) in [5, 5.41) is 2.50. The third kappa shape index (κ3) is 2.50. The molecule has 0 saturated carbocycles. The minimum atomic E-state index is -0.785. The van der Waals surface area contributed by atoms with E-state index >= 15 is 0 Å². The molecule has 0 radical (unpaired) electrons. The summed E-state index contributed by atoms with van der Waals surface area (Å²) in [7, 11) is 0. The fourth-order valence-electron chi connectivity index (χ4n) is 2.35. The van der Waals surface area contributed by atoms with E-state index < -0.39 is 23.2 Å². The zero-order valence-electron chi connectivity index (χ0n) is 12.1. The van der Waals surface area contributed by atoms with Gasteiger partial charge >= 0.3 is 5.97 Å². The zero-order valence-corrected chi connectivity index (χ0v) is 12.1. The number of ether oxygens (including phenoxy) is 1.